The summed E-state index contributed by atoms with van der Waals surface area (Å²) in [5.74, 6) is 0.691. The summed E-state index contributed by atoms with van der Waals surface area (Å²) in [7, 11) is 0. The second kappa shape index (κ2) is 6.66. The van der Waals surface area contributed by atoms with Crippen molar-refractivity contribution in [1.82, 2.24) is 10.2 Å². The van der Waals surface area contributed by atoms with E-state index >= 15 is 0 Å². The molecular formula is C14H19ClN2O2. The van der Waals surface area contributed by atoms with Gasteiger partial charge in [0.25, 0.3) is 0 Å². The number of ether oxygens (including phenoxy) is 1. The van der Waals surface area contributed by atoms with Crippen LogP contribution >= 0.6 is 11.6 Å². The molecule has 4 nitrogen and oxygen atoms in total. The van der Waals surface area contributed by atoms with E-state index in [0.717, 1.165) is 25.9 Å². The van der Waals surface area contributed by atoms with Gasteiger partial charge in [-0.15, -0.1) is 0 Å². The van der Waals surface area contributed by atoms with Crippen molar-refractivity contribution in [2.75, 3.05) is 13.1 Å². The average Bonchev–Trinajstić information content (AvgIpc) is 2.42. The maximum atomic E-state index is 12.0. The lowest BCUT2D eigenvalue weighted by Crippen LogP contribution is -2.47. The first-order valence-electron chi connectivity index (χ1n) is 6.63. The minimum atomic E-state index is -0.365. The molecule has 0 bridgehead atoms. The van der Waals surface area contributed by atoms with Crippen LogP contribution in [0.5, 0.6) is 5.75 Å². The van der Waals surface area contributed by atoms with Gasteiger partial charge < -0.3 is 15.0 Å². The highest BCUT2D eigenvalue weighted by Gasteiger charge is 2.18. The van der Waals surface area contributed by atoms with Crippen molar-refractivity contribution < 1.29 is 9.53 Å². The minimum Gasteiger partial charge on any atom is -0.471 e. The number of benzene rings is 1. The Morgan fingerprint density at radius 3 is 2.53 bits per heavy atom. The normalized spacial score (nSPS) is 16.8. The fourth-order valence-electron chi connectivity index (χ4n) is 2.11. The molecule has 0 aliphatic carbocycles. The lowest BCUT2D eigenvalue weighted by atomic mass is 10.1. The lowest BCUT2D eigenvalue weighted by molar-refractivity contribution is 0.147. The largest absolute Gasteiger partial charge is 0.471 e. The zero-order chi connectivity index (χ0) is 13.7. The van der Waals surface area contributed by atoms with Gasteiger partial charge in [-0.05, 0) is 50.5 Å². The van der Waals surface area contributed by atoms with E-state index < -0.39 is 0 Å². The molecule has 0 saturated carbocycles. The summed E-state index contributed by atoms with van der Waals surface area (Å²) in [6.07, 6.45) is 3.01. The number of hydrogen-bond donors (Lipinski definition) is 1. The number of halogens is 1. The van der Waals surface area contributed by atoms with Crippen LogP contribution in [0.15, 0.2) is 24.3 Å². The number of carbonyl (C=O) groups is 1. The zero-order valence-electron chi connectivity index (χ0n) is 11.1. The van der Waals surface area contributed by atoms with Gasteiger partial charge in [-0.2, -0.15) is 0 Å². The van der Waals surface area contributed by atoms with E-state index in [1.165, 1.54) is 6.42 Å². The second-order valence-corrected chi connectivity index (χ2v) is 5.15. The second-order valence-electron chi connectivity index (χ2n) is 4.71. The predicted octanol–water partition coefficient (Wildman–Crippen LogP) is 3.26. The van der Waals surface area contributed by atoms with Crippen molar-refractivity contribution in [3.63, 3.8) is 0 Å². The van der Waals surface area contributed by atoms with Gasteiger partial charge in [0.05, 0.1) is 0 Å². The Balaban J connectivity index is 1.81. The molecule has 19 heavy (non-hydrogen) atoms. The summed E-state index contributed by atoms with van der Waals surface area (Å²) < 4.78 is 5.61. The molecule has 5 heteroatoms. The molecule has 0 spiro atoms. The number of likely N-dealkylation sites (tertiary alicyclic amines) is 1. The molecule has 0 aromatic heterocycles. The molecule has 1 fully saturated rings. The number of piperidine rings is 1. The molecule has 0 radical (unpaired) electrons. The minimum absolute atomic E-state index is 0.0545. The highest BCUT2D eigenvalue weighted by Crippen LogP contribution is 2.16. The molecule has 1 N–H and O–H groups in total. The molecule has 1 aromatic rings. The number of nitrogens with one attached hydrogen (secondary N) is 1. The number of carbonyl (C=O) groups excluding carboxylic acids is 1. The van der Waals surface area contributed by atoms with E-state index in [-0.39, 0.29) is 12.3 Å². The summed E-state index contributed by atoms with van der Waals surface area (Å²) in [5, 5.41) is 3.51. The van der Waals surface area contributed by atoms with Crippen molar-refractivity contribution in [2.45, 2.75) is 32.4 Å². The summed E-state index contributed by atoms with van der Waals surface area (Å²) in [6, 6.07) is 7.03. The third-order valence-electron chi connectivity index (χ3n) is 3.10. The molecule has 1 aliphatic rings. The summed E-state index contributed by atoms with van der Waals surface area (Å²) in [5.41, 5.74) is 0. The highest BCUT2D eigenvalue weighted by atomic mass is 35.5. The fraction of sp³-hybridized carbons (Fsp3) is 0.500. The van der Waals surface area contributed by atoms with Gasteiger partial charge in [0.2, 0.25) is 0 Å². The van der Waals surface area contributed by atoms with Crippen molar-refractivity contribution in [2.24, 2.45) is 0 Å². The third kappa shape index (κ3) is 4.31. The Morgan fingerprint density at radius 2 is 1.89 bits per heavy atom. The Labute approximate surface area is 118 Å². The van der Waals surface area contributed by atoms with Crippen molar-refractivity contribution >= 4 is 17.6 Å². The van der Waals surface area contributed by atoms with Crippen LogP contribution in [0, 0.1) is 0 Å². The van der Waals surface area contributed by atoms with Crippen LogP contribution < -0.4 is 10.1 Å². The van der Waals surface area contributed by atoms with E-state index in [9.17, 15) is 4.79 Å². The predicted molar refractivity (Wildman–Crippen MR) is 75.5 cm³/mol. The van der Waals surface area contributed by atoms with Crippen LogP contribution in [-0.2, 0) is 0 Å². The molecule has 1 aliphatic heterocycles. The molecule has 2 amide bonds. The van der Waals surface area contributed by atoms with Crippen LogP contribution in [0.4, 0.5) is 4.79 Å². The number of rotatable bonds is 3. The fourth-order valence-corrected chi connectivity index (χ4v) is 2.23. The maximum Gasteiger partial charge on any atom is 0.320 e. The summed E-state index contributed by atoms with van der Waals surface area (Å²) in [4.78, 5) is 13.8. The standard InChI is InChI=1S/C14H19ClN2O2/c1-11(19-13-7-5-12(15)6-8-13)16-14(18)17-9-3-2-4-10-17/h5-8,11H,2-4,9-10H2,1H3,(H,16,18). The maximum absolute atomic E-state index is 12.0. The number of urea groups is 1. The van der Waals surface area contributed by atoms with Crippen LogP contribution in [0.2, 0.25) is 5.02 Å². The first kappa shape index (κ1) is 14.0. The Bertz CT molecular complexity index is 416. The molecule has 1 atom stereocenters. The van der Waals surface area contributed by atoms with Crippen LogP contribution in [0.3, 0.4) is 0 Å². The average molecular weight is 283 g/mol. The van der Waals surface area contributed by atoms with Gasteiger partial charge in [0.1, 0.15) is 5.75 Å². The first-order valence-corrected chi connectivity index (χ1v) is 7.00. The third-order valence-corrected chi connectivity index (χ3v) is 3.35. The van der Waals surface area contributed by atoms with Gasteiger partial charge in [0.15, 0.2) is 6.23 Å². The Hall–Kier alpha value is -1.42. The number of hydrogen-bond acceptors (Lipinski definition) is 2. The molecule has 1 unspecified atom stereocenters. The topological polar surface area (TPSA) is 41.6 Å². The van der Waals surface area contributed by atoms with Gasteiger partial charge in [-0.25, -0.2) is 4.79 Å². The molecular weight excluding hydrogens is 264 g/mol. The number of amides is 2. The molecule has 1 saturated heterocycles. The van der Waals surface area contributed by atoms with Crippen molar-refractivity contribution in [1.29, 1.82) is 0 Å². The number of nitrogens with zero attached hydrogens (tertiary/aromatic N) is 1. The van der Waals surface area contributed by atoms with E-state index in [4.69, 9.17) is 16.3 Å². The van der Waals surface area contributed by atoms with E-state index in [1.807, 2.05) is 11.8 Å². The van der Waals surface area contributed by atoms with Crippen molar-refractivity contribution in [3.05, 3.63) is 29.3 Å². The van der Waals surface area contributed by atoms with Gasteiger partial charge in [-0.3, -0.25) is 0 Å². The zero-order valence-corrected chi connectivity index (χ0v) is 11.8. The Kier molecular flexibility index (Phi) is 4.91. The van der Waals surface area contributed by atoms with E-state index in [0.29, 0.717) is 10.8 Å². The summed E-state index contributed by atoms with van der Waals surface area (Å²) >= 11 is 5.80. The van der Waals surface area contributed by atoms with Crippen LogP contribution in [0.1, 0.15) is 26.2 Å². The molecule has 1 heterocycles. The van der Waals surface area contributed by atoms with E-state index in [1.54, 1.807) is 24.3 Å². The van der Waals surface area contributed by atoms with E-state index in [2.05, 4.69) is 5.32 Å². The quantitative estimate of drug-likeness (QED) is 0.865. The monoisotopic (exact) mass is 282 g/mol. The van der Waals surface area contributed by atoms with Gasteiger partial charge in [-0.1, -0.05) is 11.6 Å². The van der Waals surface area contributed by atoms with Crippen molar-refractivity contribution in [3.8, 4) is 5.75 Å². The SMILES string of the molecule is CC(NC(=O)N1CCCCC1)Oc1ccc(Cl)cc1. The molecule has 104 valence electrons. The van der Waals surface area contributed by atoms with Gasteiger partial charge in [0, 0.05) is 18.1 Å². The molecule has 1 aromatic carbocycles. The lowest BCUT2D eigenvalue weighted by Gasteiger charge is -2.28. The smallest absolute Gasteiger partial charge is 0.320 e. The van der Waals surface area contributed by atoms with Crippen LogP contribution in [0.25, 0.3) is 0 Å². The molecule has 2 rings (SSSR count). The summed E-state index contributed by atoms with van der Waals surface area (Å²) in [6.45, 7) is 3.48. The highest BCUT2D eigenvalue weighted by molar-refractivity contribution is 6.30. The Morgan fingerprint density at radius 1 is 1.26 bits per heavy atom. The van der Waals surface area contributed by atoms with Gasteiger partial charge >= 0.3 is 6.03 Å². The first-order chi connectivity index (χ1) is 9.15. The van der Waals surface area contributed by atoms with Crippen LogP contribution in [-0.4, -0.2) is 30.2 Å².